The molecule has 4 nitrogen and oxygen atoms in total. The van der Waals surface area contributed by atoms with Crippen molar-refractivity contribution in [3.8, 4) is 5.75 Å². The van der Waals surface area contributed by atoms with Gasteiger partial charge in [0.2, 0.25) is 0 Å². The molecule has 0 bridgehead atoms. The molecule has 1 saturated heterocycles. The van der Waals surface area contributed by atoms with Gasteiger partial charge in [0.25, 0.3) is 0 Å². The molecule has 20 heavy (non-hydrogen) atoms. The molecule has 0 amide bonds. The highest BCUT2D eigenvalue weighted by atomic mass is 16.5. The van der Waals surface area contributed by atoms with Crippen molar-refractivity contribution in [2.24, 2.45) is 5.92 Å². The fourth-order valence-electron chi connectivity index (χ4n) is 2.71. The molecular weight excluding hydrogens is 254 g/mol. The first kappa shape index (κ1) is 14.7. The Bertz CT molecular complexity index is 498. The number of rotatable bonds is 5. The highest BCUT2D eigenvalue weighted by molar-refractivity contribution is 5.82. The number of hydrogen-bond acceptors (Lipinski definition) is 4. The summed E-state index contributed by atoms with van der Waals surface area (Å²) in [5.74, 6) is 1.31. The van der Waals surface area contributed by atoms with Gasteiger partial charge in [0.05, 0.1) is 7.11 Å². The Kier molecular flexibility index (Phi) is 4.90. The number of likely N-dealkylation sites (tertiary alicyclic amines) is 1. The summed E-state index contributed by atoms with van der Waals surface area (Å²) >= 11 is 0. The minimum atomic E-state index is 0.143. The van der Waals surface area contributed by atoms with Gasteiger partial charge < -0.3 is 4.74 Å². The number of carbonyl (C=O) groups is 2. The molecule has 4 heteroatoms. The smallest absolute Gasteiger partial charge is 0.150 e. The topological polar surface area (TPSA) is 46.6 Å². The monoisotopic (exact) mass is 275 g/mol. The number of ketones is 1. The van der Waals surface area contributed by atoms with Crippen molar-refractivity contribution in [3.63, 3.8) is 0 Å². The lowest BCUT2D eigenvalue weighted by molar-refractivity contribution is -0.126. The molecule has 1 aliphatic rings. The van der Waals surface area contributed by atoms with Gasteiger partial charge in [-0.05, 0) is 24.6 Å². The quantitative estimate of drug-likeness (QED) is 0.774. The van der Waals surface area contributed by atoms with Gasteiger partial charge in [-0.1, -0.05) is 6.92 Å². The van der Waals surface area contributed by atoms with Gasteiger partial charge in [0.15, 0.2) is 0 Å². The van der Waals surface area contributed by atoms with E-state index in [1.165, 1.54) is 0 Å². The molecule has 108 valence electrons. The van der Waals surface area contributed by atoms with E-state index < -0.39 is 0 Å². The number of methoxy groups -OCH3 is 1. The number of Topliss-reactive ketones (excluding diaryl/α,β-unsaturated/α-hetero) is 1. The normalized spacial score (nSPS) is 19.9. The summed E-state index contributed by atoms with van der Waals surface area (Å²) in [5, 5.41) is 0. The van der Waals surface area contributed by atoms with Crippen LogP contribution >= 0.6 is 0 Å². The molecule has 1 aliphatic heterocycles. The van der Waals surface area contributed by atoms with E-state index in [1.54, 1.807) is 13.2 Å². The van der Waals surface area contributed by atoms with Crippen molar-refractivity contribution in [2.45, 2.75) is 26.3 Å². The Hall–Kier alpha value is -1.68. The van der Waals surface area contributed by atoms with Crippen LogP contribution < -0.4 is 4.74 Å². The summed E-state index contributed by atoms with van der Waals surface area (Å²) in [7, 11) is 1.63. The average Bonchev–Trinajstić information content (AvgIpc) is 2.49. The fraction of sp³-hybridized carbons (Fsp3) is 0.500. The third-order valence-corrected chi connectivity index (χ3v) is 3.94. The number of aldehydes is 1. The summed E-state index contributed by atoms with van der Waals surface area (Å²) in [6.45, 7) is 4.35. The minimum absolute atomic E-state index is 0.143. The maximum Gasteiger partial charge on any atom is 0.150 e. The summed E-state index contributed by atoms with van der Waals surface area (Å²) in [4.78, 5) is 24.9. The summed E-state index contributed by atoms with van der Waals surface area (Å²) in [5.41, 5.74) is 1.65. The third kappa shape index (κ3) is 3.25. The number of nitrogens with zero attached hydrogens (tertiary/aromatic N) is 1. The molecule has 2 rings (SSSR count). The summed E-state index contributed by atoms with van der Waals surface area (Å²) in [6, 6.07) is 5.44. The molecule has 1 heterocycles. The van der Waals surface area contributed by atoms with E-state index in [4.69, 9.17) is 4.74 Å². The number of piperidine rings is 1. The predicted octanol–water partition coefficient (Wildman–Crippen LogP) is 2.31. The summed E-state index contributed by atoms with van der Waals surface area (Å²) < 4.78 is 5.35. The lowest BCUT2D eigenvalue weighted by atomic mass is 9.93. The van der Waals surface area contributed by atoms with Crippen LogP contribution in [0.1, 0.15) is 35.7 Å². The molecule has 0 spiro atoms. The van der Waals surface area contributed by atoms with E-state index in [1.807, 2.05) is 12.1 Å². The highest BCUT2D eigenvalue weighted by Crippen LogP contribution is 2.24. The maximum atomic E-state index is 11.7. The van der Waals surface area contributed by atoms with Crippen LogP contribution in [0.5, 0.6) is 5.75 Å². The molecule has 1 atom stereocenters. The van der Waals surface area contributed by atoms with Crippen LogP contribution in [0.4, 0.5) is 0 Å². The van der Waals surface area contributed by atoms with Crippen molar-refractivity contribution in [2.75, 3.05) is 20.2 Å². The largest absolute Gasteiger partial charge is 0.496 e. The SMILES string of the molecule is CCC1CN(Cc2cc(C=O)ccc2OC)CCC1=O. The number of ether oxygens (including phenoxy) is 1. The van der Waals surface area contributed by atoms with Crippen molar-refractivity contribution in [1.82, 2.24) is 4.90 Å². The zero-order chi connectivity index (χ0) is 14.5. The van der Waals surface area contributed by atoms with Gasteiger partial charge in [-0.3, -0.25) is 14.5 Å². The Morgan fingerprint density at radius 2 is 2.25 bits per heavy atom. The van der Waals surface area contributed by atoms with Crippen molar-refractivity contribution >= 4 is 12.1 Å². The zero-order valence-electron chi connectivity index (χ0n) is 12.1. The van der Waals surface area contributed by atoms with E-state index in [0.29, 0.717) is 24.3 Å². The standard InChI is InChI=1S/C16H21NO3/c1-3-13-9-17(7-6-15(13)19)10-14-8-12(11-18)4-5-16(14)20-2/h4-5,8,11,13H,3,6-7,9-10H2,1-2H3. The van der Waals surface area contributed by atoms with Crippen LogP contribution in [0.15, 0.2) is 18.2 Å². The highest BCUT2D eigenvalue weighted by Gasteiger charge is 2.26. The van der Waals surface area contributed by atoms with Crippen molar-refractivity contribution in [3.05, 3.63) is 29.3 Å². The Morgan fingerprint density at radius 3 is 2.90 bits per heavy atom. The van der Waals surface area contributed by atoms with Crippen LogP contribution in [-0.4, -0.2) is 37.2 Å². The molecule has 0 aromatic heterocycles. The summed E-state index contributed by atoms with van der Waals surface area (Å²) in [6.07, 6.45) is 2.35. The second-order valence-electron chi connectivity index (χ2n) is 5.25. The fourth-order valence-corrected chi connectivity index (χ4v) is 2.71. The lowest BCUT2D eigenvalue weighted by Gasteiger charge is -2.31. The maximum absolute atomic E-state index is 11.7. The van der Waals surface area contributed by atoms with Gasteiger partial charge in [-0.15, -0.1) is 0 Å². The van der Waals surface area contributed by atoms with E-state index in [-0.39, 0.29) is 5.92 Å². The molecule has 0 aliphatic carbocycles. The Balaban J connectivity index is 2.13. The first-order valence-corrected chi connectivity index (χ1v) is 7.05. The van der Waals surface area contributed by atoms with E-state index in [9.17, 15) is 9.59 Å². The van der Waals surface area contributed by atoms with Crippen LogP contribution in [0, 0.1) is 5.92 Å². The van der Waals surface area contributed by atoms with Crippen LogP contribution in [0.3, 0.4) is 0 Å². The van der Waals surface area contributed by atoms with Gasteiger partial charge >= 0.3 is 0 Å². The Labute approximate surface area is 119 Å². The predicted molar refractivity (Wildman–Crippen MR) is 77.1 cm³/mol. The molecule has 1 fully saturated rings. The number of benzene rings is 1. The van der Waals surface area contributed by atoms with Gasteiger partial charge in [0, 0.05) is 43.1 Å². The van der Waals surface area contributed by atoms with Crippen LogP contribution in [0.25, 0.3) is 0 Å². The molecule has 1 unspecified atom stereocenters. The Morgan fingerprint density at radius 1 is 1.45 bits per heavy atom. The molecule has 1 aromatic rings. The minimum Gasteiger partial charge on any atom is -0.496 e. The van der Waals surface area contributed by atoms with Crippen LogP contribution in [-0.2, 0) is 11.3 Å². The molecule has 0 saturated carbocycles. The number of hydrogen-bond donors (Lipinski definition) is 0. The van der Waals surface area contributed by atoms with E-state index in [0.717, 1.165) is 37.1 Å². The van der Waals surface area contributed by atoms with Gasteiger partial charge in [-0.25, -0.2) is 0 Å². The lowest BCUT2D eigenvalue weighted by Crippen LogP contribution is -2.40. The zero-order valence-corrected chi connectivity index (χ0v) is 12.1. The third-order valence-electron chi connectivity index (χ3n) is 3.94. The molecule has 0 radical (unpaired) electrons. The average molecular weight is 275 g/mol. The van der Waals surface area contributed by atoms with Gasteiger partial charge in [-0.2, -0.15) is 0 Å². The first-order valence-electron chi connectivity index (χ1n) is 7.05. The second kappa shape index (κ2) is 6.66. The molecule has 0 N–H and O–H groups in total. The van der Waals surface area contributed by atoms with Crippen LogP contribution in [0.2, 0.25) is 0 Å². The van der Waals surface area contributed by atoms with E-state index >= 15 is 0 Å². The van der Waals surface area contributed by atoms with E-state index in [2.05, 4.69) is 11.8 Å². The molecular formula is C16H21NO3. The van der Waals surface area contributed by atoms with Crippen molar-refractivity contribution in [1.29, 1.82) is 0 Å². The van der Waals surface area contributed by atoms with Crippen molar-refractivity contribution < 1.29 is 14.3 Å². The molecule has 1 aromatic carbocycles. The second-order valence-corrected chi connectivity index (χ2v) is 5.25. The number of carbonyl (C=O) groups excluding carboxylic acids is 2. The first-order chi connectivity index (χ1) is 9.67. The van der Waals surface area contributed by atoms with Gasteiger partial charge in [0.1, 0.15) is 17.8 Å².